The SMILES string of the molecule is C.C#Cc1cc(C)ccc1N=NN1C(C)(C)CCCC1(C)C.CC1(C)CCCC(C)(C)N1N=Nc1ccccc1.CN=NN1C(C)(C)CCCC1(C)C.Cc1ccc(N=NN2C(C)(C)CCCC2(C)C)c(I)c1.Cc1ccc(N=NN2C(C)(C)CCCC2(C)C)cc1. The molecule has 5 saturated heterocycles. The van der Waals surface area contributed by atoms with Crippen molar-refractivity contribution in [1.29, 1.82) is 0 Å². The minimum Gasteiger partial charge on any atom is -0.268 e. The number of aryl methyl sites for hydroxylation is 3. The molecule has 5 heterocycles. The number of piperidine rings is 5. The monoisotopic (exact) mass is 1370 g/mol. The summed E-state index contributed by atoms with van der Waals surface area (Å²) < 4.78 is 1.15. The second kappa shape index (κ2) is 32.1. The van der Waals surface area contributed by atoms with Crippen LogP contribution in [-0.4, -0.2) is 87.5 Å². The average Bonchev–Trinajstić information content (AvgIpc) is 0.828. The molecule has 92 heavy (non-hydrogen) atoms. The molecule has 0 saturated carbocycles. The molecule has 5 aliphatic heterocycles. The molecule has 0 atom stereocenters. The fourth-order valence-corrected chi connectivity index (χ4v) is 15.0. The smallest absolute Gasteiger partial charge is 0.103 e. The van der Waals surface area contributed by atoms with Crippen molar-refractivity contribution in [3.63, 3.8) is 0 Å². The quantitative estimate of drug-likeness (QED) is 0.0932. The molecule has 0 aromatic heterocycles. The zero-order valence-corrected chi connectivity index (χ0v) is 63.1. The van der Waals surface area contributed by atoms with Gasteiger partial charge in [0.25, 0.3) is 0 Å². The van der Waals surface area contributed by atoms with Crippen molar-refractivity contribution in [2.24, 2.45) is 51.7 Å². The van der Waals surface area contributed by atoms with E-state index in [1.54, 1.807) is 7.05 Å². The van der Waals surface area contributed by atoms with E-state index in [9.17, 15) is 0 Å². The van der Waals surface area contributed by atoms with E-state index < -0.39 is 0 Å². The number of benzene rings is 4. The van der Waals surface area contributed by atoms with E-state index >= 15 is 0 Å². The van der Waals surface area contributed by atoms with Gasteiger partial charge in [0.05, 0.1) is 79.4 Å². The minimum absolute atomic E-state index is 0. The normalized spacial score (nSPS) is 22.0. The summed E-state index contributed by atoms with van der Waals surface area (Å²) in [7, 11) is 1.74. The molecule has 4 aromatic rings. The highest BCUT2D eigenvalue weighted by atomic mass is 127. The number of nitrogens with zero attached hydrogens (tertiary/aromatic N) is 15. The van der Waals surface area contributed by atoms with Gasteiger partial charge in [-0.1, -0.05) is 87.5 Å². The van der Waals surface area contributed by atoms with Crippen LogP contribution in [0.4, 0.5) is 22.7 Å². The summed E-state index contributed by atoms with van der Waals surface area (Å²) in [6.45, 7) is 51.1. The van der Waals surface area contributed by atoms with E-state index in [0.29, 0.717) is 0 Å². The summed E-state index contributed by atoms with van der Waals surface area (Å²) in [5, 5.41) is 55.0. The lowest BCUT2D eigenvalue weighted by Gasteiger charge is -2.50. The van der Waals surface area contributed by atoms with Gasteiger partial charge in [0.1, 0.15) is 11.4 Å². The zero-order valence-electron chi connectivity index (χ0n) is 60.9. The first-order chi connectivity index (χ1) is 42.1. The van der Waals surface area contributed by atoms with Crippen molar-refractivity contribution in [3.8, 4) is 12.3 Å². The highest BCUT2D eigenvalue weighted by Gasteiger charge is 2.45. The minimum atomic E-state index is 0. The van der Waals surface area contributed by atoms with Crippen LogP contribution in [0.3, 0.4) is 0 Å². The van der Waals surface area contributed by atoms with Crippen LogP contribution in [-0.2, 0) is 0 Å². The van der Waals surface area contributed by atoms with Crippen LogP contribution in [0.5, 0.6) is 0 Å². The second-order valence-corrected chi connectivity index (χ2v) is 33.5. The molecule has 0 N–H and O–H groups in total. The van der Waals surface area contributed by atoms with Crippen molar-refractivity contribution in [3.05, 3.63) is 117 Å². The maximum Gasteiger partial charge on any atom is 0.103 e. The van der Waals surface area contributed by atoms with Crippen LogP contribution in [0, 0.1) is 36.7 Å². The molecule has 0 radical (unpaired) electrons. The zero-order chi connectivity index (χ0) is 68.1. The number of hydrogen-bond acceptors (Lipinski definition) is 10. The summed E-state index contributed by atoms with van der Waals surface area (Å²) >= 11 is 2.33. The molecule has 4 aromatic carbocycles. The Hall–Kier alpha value is -5.83. The lowest BCUT2D eigenvalue weighted by Crippen LogP contribution is -2.55. The molecule has 0 amide bonds. The van der Waals surface area contributed by atoms with Crippen molar-refractivity contribution in [2.45, 2.75) is 318 Å². The van der Waals surface area contributed by atoms with E-state index in [1.165, 1.54) is 94.6 Å². The predicted molar refractivity (Wildman–Crippen MR) is 395 cm³/mol. The first-order valence-electron chi connectivity index (χ1n) is 33.5. The van der Waals surface area contributed by atoms with Gasteiger partial charge in [0.2, 0.25) is 0 Å². The molecule has 0 aliphatic carbocycles. The lowest BCUT2D eigenvalue weighted by molar-refractivity contribution is -0.0326. The molecule has 16 heteroatoms. The van der Waals surface area contributed by atoms with E-state index in [-0.39, 0.29) is 62.8 Å². The van der Waals surface area contributed by atoms with Crippen LogP contribution in [0.25, 0.3) is 0 Å². The Morgan fingerprint density at radius 3 is 0.935 bits per heavy atom. The molecule has 15 nitrogen and oxygen atoms in total. The summed E-state index contributed by atoms with van der Waals surface area (Å²) in [5.41, 5.74) is 8.80. The van der Waals surface area contributed by atoms with Gasteiger partial charge in [-0.2, -0.15) is 5.11 Å². The molecule has 508 valence electrons. The van der Waals surface area contributed by atoms with Crippen molar-refractivity contribution < 1.29 is 0 Å². The number of rotatable bonds is 9. The molecular weight excluding hydrogens is 1250 g/mol. The summed E-state index contributed by atoms with van der Waals surface area (Å²) in [6, 6.07) is 30.3. The Kier molecular flexibility index (Phi) is 27.4. The molecule has 0 spiro atoms. The van der Waals surface area contributed by atoms with E-state index in [0.717, 1.165) is 50.3 Å². The Balaban J connectivity index is 0.000000246. The van der Waals surface area contributed by atoms with E-state index in [4.69, 9.17) is 6.42 Å². The van der Waals surface area contributed by atoms with Crippen LogP contribution in [0.1, 0.15) is 264 Å². The lowest BCUT2D eigenvalue weighted by atomic mass is 9.82. The first kappa shape index (κ1) is 78.6. The molecular formula is C76H122IN15. The average molecular weight is 1370 g/mol. The van der Waals surface area contributed by atoms with Crippen LogP contribution in [0.15, 0.2) is 143 Å². The first-order valence-corrected chi connectivity index (χ1v) is 34.6. The Morgan fingerprint density at radius 1 is 0.348 bits per heavy atom. The number of hydrogen-bond donors (Lipinski definition) is 0. The maximum absolute atomic E-state index is 5.57. The highest BCUT2D eigenvalue weighted by Crippen LogP contribution is 2.44. The largest absolute Gasteiger partial charge is 0.268 e. The van der Waals surface area contributed by atoms with Gasteiger partial charge in [0.15, 0.2) is 0 Å². The van der Waals surface area contributed by atoms with E-state index in [2.05, 4.69) is 282 Å². The molecule has 9 rings (SSSR count). The molecule has 5 fully saturated rings. The Labute approximate surface area is 573 Å². The van der Waals surface area contributed by atoms with Gasteiger partial charge in [-0.3, -0.25) is 25.0 Å². The Bertz CT molecular complexity index is 3080. The van der Waals surface area contributed by atoms with Crippen molar-refractivity contribution in [2.75, 3.05) is 7.05 Å². The van der Waals surface area contributed by atoms with Crippen molar-refractivity contribution in [1.82, 2.24) is 25.0 Å². The van der Waals surface area contributed by atoms with Gasteiger partial charge < -0.3 is 0 Å². The number of halogens is 1. The molecule has 0 unspecified atom stereocenters. The summed E-state index contributed by atoms with van der Waals surface area (Å²) in [5.74, 6) is 2.69. The fraction of sp³-hybridized carbons (Fsp3) is 0.658. The third-order valence-corrected chi connectivity index (χ3v) is 19.8. The maximum atomic E-state index is 5.57. The summed E-state index contributed by atoms with van der Waals surface area (Å²) in [6.07, 6.45) is 23.5. The van der Waals surface area contributed by atoms with Crippen LogP contribution >= 0.6 is 22.6 Å². The molecule has 5 aliphatic rings. The van der Waals surface area contributed by atoms with Gasteiger partial charge in [-0.15, -0.1) is 26.9 Å². The Morgan fingerprint density at radius 2 is 0.620 bits per heavy atom. The third kappa shape index (κ3) is 21.9. The van der Waals surface area contributed by atoms with Gasteiger partial charge >= 0.3 is 0 Å². The van der Waals surface area contributed by atoms with E-state index in [1.807, 2.05) is 73.7 Å². The predicted octanol–water partition coefficient (Wildman–Crippen LogP) is 24.1. The van der Waals surface area contributed by atoms with Crippen LogP contribution < -0.4 is 0 Å². The standard InChI is InChI=1S/C18H25N3.C16H24IN3.C16H25N3.C15H23N3.C10H21N3.CH4/c1-7-15-13-14(2)9-10-16(15)19-20-21-17(3,4)11-8-12-18(21,5)6;1-12-7-8-14(13(17)11-12)18-19-20-15(2,3)9-6-10-16(20,4)5;1-13-7-9-14(10-8-13)17-18-19-15(2,3)11-6-12-16(19,4)5;1-14(2)11-8-12-15(3,4)18(14)17-16-13-9-6-5-7-10-13;1-9(2)7-6-8-10(3,4)13(9)12-11-5;/h1,9-10,13H,8,11-12H2,2-6H3;7-8,11H,6,9-10H2,1-5H3;7-10H,6,11-12H2,1-5H3;5-7,9-10H,8,11-12H2,1-4H3;6-8H2,1-5H3;1H4. The highest BCUT2D eigenvalue weighted by molar-refractivity contribution is 14.1. The summed E-state index contributed by atoms with van der Waals surface area (Å²) in [4.78, 5) is 0. The topological polar surface area (TPSA) is 140 Å². The molecule has 0 bridgehead atoms. The van der Waals surface area contributed by atoms with Gasteiger partial charge in [-0.05, 0) is 338 Å². The second-order valence-electron chi connectivity index (χ2n) is 32.3. The van der Waals surface area contributed by atoms with Gasteiger partial charge in [-0.25, -0.2) is 0 Å². The number of terminal acetylenes is 1. The third-order valence-electron chi connectivity index (χ3n) is 19.0. The fourth-order valence-electron chi connectivity index (χ4n) is 14.3. The van der Waals surface area contributed by atoms with Crippen molar-refractivity contribution >= 4 is 45.3 Å². The van der Waals surface area contributed by atoms with Gasteiger partial charge in [0, 0.05) is 3.57 Å². The van der Waals surface area contributed by atoms with Crippen LogP contribution in [0.2, 0.25) is 0 Å².